The predicted molar refractivity (Wildman–Crippen MR) is 91.1 cm³/mol. The minimum absolute atomic E-state index is 0.138. The van der Waals surface area contributed by atoms with E-state index in [-0.39, 0.29) is 18.4 Å². The smallest absolute Gasteiger partial charge is 0.244 e. The summed E-state index contributed by atoms with van der Waals surface area (Å²) in [7, 11) is 1.51. The van der Waals surface area contributed by atoms with Crippen molar-refractivity contribution >= 4 is 34.8 Å². The highest BCUT2D eigenvalue weighted by molar-refractivity contribution is 6.33. The number of carbonyl (C=O) groups excluding carboxylic acids is 2. The number of nitrogens with one attached hydrogen (secondary N) is 1. The van der Waals surface area contributed by atoms with Crippen molar-refractivity contribution in [1.29, 1.82) is 0 Å². The molecule has 0 radical (unpaired) electrons. The fourth-order valence-electron chi connectivity index (χ4n) is 2.11. The molecule has 1 N–H and O–H groups in total. The van der Waals surface area contributed by atoms with E-state index in [1.807, 2.05) is 0 Å². The van der Waals surface area contributed by atoms with E-state index in [0.29, 0.717) is 22.1 Å². The summed E-state index contributed by atoms with van der Waals surface area (Å²) in [6.07, 6.45) is 0. The molecule has 0 atom stereocenters. The third kappa shape index (κ3) is 4.23. The van der Waals surface area contributed by atoms with Crippen molar-refractivity contribution in [2.24, 2.45) is 0 Å². The molecule has 6 heteroatoms. The number of anilines is 2. The SMILES string of the molecule is COc1ccccc1N(CC(=O)Nc1ccccc1Cl)C(C)=O. The molecule has 2 rings (SSSR count). The van der Waals surface area contributed by atoms with Crippen LogP contribution >= 0.6 is 11.6 Å². The number of halogens is 1. The van der Waals surface area contributed by atoms with Gasteiger partial charge in [0.05, 0.1) is 23.5 Å². The third-order valence-corrected chi connectivity index (χ3v) is 3.54. The van der Waals surface area contributed by atoms with E-state index >= 15 is 0 Å². The highest BCUT2D eigenvalue weighted by Gasteiger charge is 2.19. The van der Waals surface area contributed by atoms with Gasteiger partial charge in [-0.15, -0.1) is 0 Å². The lowest BCUT2D eigenvalue weighted by Crippen LogP contribution is -2.36. The largest absolute Gasteiger partial charge is 0.495 e. The van der Waals surface area contributed by atoms with E-state index in [4.69, 9.17) is 16.3 Å². The Morgan fingerprint density at radius 3 is 2.43 bits per heavy atom. The van der Waals surface area contributed by atoms with Gasteiger partial charge in [-0.05, 0) is 24.3 Å². The molecule has 0 heterocycles. The number of ether oxygens (including phenoxy) is 1. The number of nitrogens with zero attached hydrogens (tertiary/aromatic N) is 1. The van der Waals surface area contributed by atoms with E-state index in [1.54, 1.807) is 48.5 Å². The normalized spacial score (nSPS) is 10.0. The van der Waals surface area contributed by atoms with E-state index in [0.717, 1.165) is 0 Å². The van der Waals surface area contributed by atoms with E-state index in [9.17, 15) is 9.59 Å². The van der Waals surface area contributed by atoms with Crippen molar-refractivity contribution in [2.45, 2.75) is 6.92 Å². The number of benzene rings is 2. The first-order chi connectivity index (χ1) is 11.0. The minimum atomic E-state index is -0.348. The van der Waals surface area contributed by atoms with Gasteiger partial charge >= 0.3 is 0 Å². The van der Waals surface area contributed by atoms with Crippen LogP contribution in [0, 0.1) is 0 Å². The van der Waals surface area contributed by atoms with Crippen molar-refractivity contribution < 1.29 is 14.3 Å². The van der Waals surface area contributed by atoms with Gasteiger partial charge in [-0.2, -0.15) is 0 Å². The molecule has 120 valence electrons. The molecule has 0 spiro atoms. The molecule has 0 aliphatic heterocycles. The summed E-state index contributed by atoms with van der Waals surface area (Å²) in [6, 6.07) is 13.9. The Morgan fingerprint density at radius 2 is 1.78 bits per heavy atom. The molecule has 0 aromatic heterocycles. The molecule has 0 saturated heterocycles. The number of hydrogen-bond acceptors (Lipinski definition) is 3. The molecule has 0 fully saturated rings. The molecule has 2 aromatic carbocycles. The number of methoxy groups -OCH3 is 1. The Hall–Kier alpha value is -2.53. The minimum Gasteiger partial charge on any atom is -0.495 e. The topological polar surface area (TPSA) is 58.6 Å². The predicted octanol–water partition coefficient (Wildman–Crippen LogP) is 3.34. The van der Waals surface area contributed by atoms with Gasteiger partial charge in [-0.3, -0.25) is 14.5 Å². The Balaban J connectivity index is 2.18. The highest BCUT2D eigenvalue weighted by Crippen LogP contribution is 2.28. The average molecular weight is 333 g/mol. The average Bonchev–Trinajstić information content (AvgIpc) is 2.54. The molecule has 0 bridgehead atoms. The zero-order valence-corrected chi connectivity index (χ0v) is 13.6. The maximum absolute atomic E-state index is 12.2. The second-order valence-electron chi connectivity index (χ2n) is 4.81. The van der Waals surface area contributed by atoms with Gasteiger partial charge in [-0.1, -0.05) is 35.9 Å². The van der Waals surface area contributed by atoms with Crippen LogP contribution in [-0.4, -0.2) is 25.5 Å². The maximum Gasteiger partial charge on any atom is 0.244 e. The summed E-state index contributed by atoms with van der Waals surface area (Å²) in [5, 5.41) is 3.13. The highest BCUT2D eigenvalue weighted by atomic mass is 35.5. The van der Waals surface area contributed by atoms with Crippen LogP contribution in [-0.2, 0) is 9.59 Å². The summed E-state index contributed by atoms with van der Waals surface area (Å²) in [5.41, 5.74) is 1.04. The van der Waals surface area contributed by atoms with Gasteiger partial charge in [0, 0.05) is 6.92 Å². The fourth-order valence-corrected chi connectivity index (χ4v) is 2.30. The first-order valence-corrected chi connectivity index (χ1v) is 7.36. The third-order valence-electron chi connectivity index (χ3n) is 3.21. The van der Waals surface area contributed by atoms with E-state index in [1.165, 1.54) is 18.9 Å². The molecule has 2 aromatic rings. The van der Waals surface area contributed by atoms with E-state index in [2.05, 4.69) is 5.32 Å². The van der Waals surface area contributed by atoms with Gasteiger partial charge in [0.25, 0.3) is 0 Å². The fraction of sp³-hybridized carbons (Fsp3) is 0.176. The van der Waals surface area contributed by atoms with Crippen LogP contribution in [0.1, 0.15) is 6.92 Å². The van der Waals surface area contributed by atoms with Crippen LogP contribution in [0.5, 0.6) is 5.75 Å². The van der Waals surface area contributed by atoms with E-state index < -0.39 is 0 Å². The molecule has 5 nitrogen and oxygen atoms in total. The molecule has 0 aliphatic carbocycles. The lowest BCUT2D eigenvalue weighted by Gasteiger charge is -2.22. The maximum atomic E-state index is 12.2. The summed E-state index contributed by atoms with van der Waals surface area (Å²) in [4.78, 5) is 25.5. The quantitative estimate of drug-likeness (QED) is 0.913. The summed E-state index contributed by atoms with van der Waals surface area (Å²) in [5.74, 6) is -0.0868. The Morgan fingerprint density at radius 1 is 1.13 bits per heavy atom. The Kier molecular flexibility index (Phi) is 5.60. The number of rotatable bonds is 5. The zero-order chi connectivity index (χ0) is 16.8. The lowest BCUT2D eigenvalue weighted by molar-refractivity contribution is -0.120. The molecule has 23 heavy (non-hydrogen) atoms. The van der Waals surface area contributed by atoms with Gasteiger partial charge in [0.1, 0.15) is 12.3 Å². The zero-order valence-electron chi connectivity index (χ0n) is 12.9. The van der Waals surface area contributed by atoms with Gasteiger partial charge in [-0.25, -0.2) is 0 Å². The first-order valence-electron chi connectivity index (χ1n) is 6.98. The van der Waals surface area contributed by atoms with Crippen LogP contribution in [0.15, 0.2) is 48.5 Å². The van der Waals surface area contributed by atoms with Crippen molar-refractivity contribution in [3.05, 3.63) is 53.6 Å². The summed E-state index contributed by atoms with van der Waals surface area (Å²) in [6.45, 7) is 1.26. The van der Waals surface area contributed by atoms with Gasteiger partial charge in [0.2, 0.25) is 11.8 Å². The van der Waals surface area contributed by atoms with Gasteiger partial charge < -0.3 is 10.1 Å². The molecule has 0 saturated carbocycles. The second kappa shape index (κ2) is 7.65. The molecule has 0 aliphatic rings. The van der Waals surface area contributed by atoms with Crippen molar-refractivity contribution in [1.82, 2.24) is 0 Å². The Labute approximate surface area is 139 Å². The van der Waals surface area contributed by atoms with Crippen molar-refractivity contribution in [3.63, 3.8) is 0 Å². The van der Waals surface area contributed by atoms with Crippen molar-refractivity contribution in [3.8, 4) is 5.75 Å². The second-order valence-corrected chi connectivity index (χ2v) is 5.21. The first kappa shape index (κ1) is 16.8. The number of carbonyl (C=O) groups is 2. The molecular weight excluding hydrogens is 316 g/mol. The van der Waals surface area contributed by atoms with Crippen LogP contribution in [0.2, 0.25) is 5.02 Å². The molecular formula is C17H17ClN2O3. The van der Waals surface area contributed by atoms with Crippen LogP contribution in [0.3, 0.4) is 0 Å². The van der Waals surface area contributed by atoms with Crippen LogP contribution < -0.4 is 15.0 Å². The number of amides is 2. The lowest BCUT2D eigenvalue weighted by atomic mass is 10.2. The Bertz CT molecular complexity index is 718. The standard InChI is InChI=1S/C17H17ClN2O3/c1-12(21)20(15-9-5-6-10-16(15)23-2)11-17(22)19-14-8-4-3-7-13(14)18/h3-10H,11H2,1-2H3,(H,19,22). The summed E-state index contributed by atoms with van der Waals surface area (Å²) >= 11 is 6.02. The number of para-hydroxylation sites is 3. The van der Waals surface area contributed by atoms with Gasteiger partial charge in [0.15, 0.2) is 0 Å². The van der Waals surface area contributed by atoms with Crippen LogP contribution in [0.25, 0.3) is 0 Å². The van der Waals surface area contributed by atoms with Crippen LogP contribution in [0.4, 0.5) is 11.4 Å². The molecule has 2 amide bonds. The number of hydrogen-bond donors (Lipinski definition) is 1. The monoisotopic (exact) mass is 332 g/mol. The van der Waals surface area contributed by atoms with Crippen molar-refractivity contribution in [2.75, 3.05) is 23.9 Å². The molecule has 0 unspecified atom stereocenters. The summed E-state index contributed by atoms with van der Waals surface area (Å²) < 4.78 is 5.25.